The highest BCUT2D eigenvalue weighted by molar-refractivity contribution is 7.12. The van der Waals surface area contributed by atoms with Crippen molar-refractivity contribution in [3.63, 3.8) is 0 Å². The Kier molecular flexibility index (Phi) is 3.50. The van der Waals surface area contributed by atoms with Crippen LogP contribution in [0.15, 0.2) is 41.8 Å². The normalized spacial score (nSPS) is 29.3. The number of esters is 1. The molecule has 1 saturated heterocycles. The van der Waals surface area contributed by atoms with Crippen LogP contribution in [0.4, 0.5) is 5.69 Å². The van der Waals surface area contributed by atoms with Crippen LogP contribution in [0.5, 0.6) is 5.75 Å². The molecule has 1 aromatic heterocycles. The minimum atomic E-state index is -0.439. The van der Waals surface area contributed by atoms with Crippen LogP contribution in [0, 0.1) is 23.7 Å². The summed E-state index contributed by atoms with van der Waals surface area (Å²) in [5, 5.41) is 1.81. The molecule has 6 heteroatoms. The van der Waals surface area contributed by atoms with Gasteiger partial charge in [0.1, 0.15) is 10.6 Å². The number of ether oxygens (including phenoxy) is 1. The maximum atomic E-state index is 12.9. The minimum Gasteiger partial charge on any atom is -0.422 e. The second-order valence-corrected chi connectivity index (χ2v) is 8.21. The second-order valence-electron chi connectivity index (χ2n) is 7.26. The smallest absolute Gasteiger partial charge is 0.353 e. The number of rotatable bonds is 3. The van der Waals surface area contributed by atoms with E-state index in [1.807, 2.05) is 5.38 Å². The van der Waals surface area contributed by atoms with Crippen molar-refractivity contribution in [3.8, 4) is 5.75 Å². The van der Waals surface area contributed by atoms with Crippen molar-refractivity contribution >= 4 is 34.8 Å². The molecule has 2 amide bonds. The predicted octanol–water partition coefficient (Wildman–Crippen LogP) is 3.50. The summed E-state index contributed by atoms with van der Waals surface area (Å²) >= 11 is 1.31. The molecule has 2 aliphatic carbocycles. The zero-order valence-corrected chi connectivity index (χ0v) is 14.8. The van der Waals surface area contributed by atoms with E-state index < -0.39 is 5.97 Å². The van der Waals surface area contributed by atoms with Crippen LogP contribution in [0.1, 0.15) is 28.9 Å². The lowest BCUT2D eigenvalue weighted by Crippen LogP contribution is -2.32. The van der Waals surface area contributed by atoms with Crippen LogP contribution in [0.2, 0.25) is 0 Å². The number of imide groups is 1. The average Bonchev–Trinajstić information content (AvgIpc) is 3.39. The molecule has 0 spiro atoms. The topological polar surface area (TPSA) is 63.7 Å². The standard InChI is InChI=1S/C20H17NO4S/c22-18-16-11-6-7-12(9-11)17(16)19(23)21(18)13-3-1-4-14(10-13)25-20(24)15-5-2-8-26-15/h1-5,8,10-12,16-17H,6-7,9H2. The lowest BCUT2D eigenvalue weighted by molar-refractivity contribution is -0.123. The molecule has 2 bridgehead atoms. The highest BCUT2D eigenvalue weighted by atomic mass is 32.1. The number of fused-ring (bicyclic) bond motifs is 5. The Morgan fingerprint density at radius 3 is 2.42 bits per heavy atom. The maximum absolute atomic E-state index is 12.9. The first-order valence-electron chi connectivity index (χ1n) is 8.87. The lowest BCUT2D eigenvalue weighted by Gasteiger charge is -2.19. The van der Waals surface area contributed by atoms with Gasteiger partial charge in [-0.1, -0.05) is 12.1 Å². The Morgan fingerprint density at radius 1 is 1.04 bits per heavy atom. The van der Waals surface area contributed by atoms with E-state index in [1.165, 1.54) is 16.2 Å². The number of hydrogen-bond donors (Lipinski definition) is 0. The predicted molar refractivity (Wildman–Crippen MR) is 96.0 cm³/mol. The molecule has 1 aromatic carbocycles. The van der Waals surface area contributed by atoms with Gasteiger partial charge >= 0.3 is 5.97 Å². The largest absolute Gasteiger partial charge is 0.422 e. The van der Waals surface area contributed by atoms with Crippen LogP contribution in [-0.4, -0.2) is 17.8 Å². The van der Waals surface area contributed by atoms with Crippen molar-refractivity contribution in [3.05, 3.63) is 46.7 Å². The molecule has 4 atom stereocenters. The summed E-state index contributed by atoms with van der Waals surface area (Å²) in [5.74, 6) is 0.116. The van der Waals surface area contributed by atoms with Crippen molar-refractivity contribution in [2.24, 2.45) is 23.7 Å². The number of anilines is 1. The zero-order valence-electron chi connectivity index (χ0n) is 14.0. The van der Waals surface area contributed by atoms with Crippen molar-refractivity contribution in [2.75, 3.05) is 4.90 Å². The summed E-state index contributed by atoms with van der Waals surface area (Å²) in [6.07, 6.45) is 3.12. The minimum absolute atomic E-state index is 0.0890. The van der Waals surface area contributed by atoms with E-state index in [9.17, 15) is 14.4 Å². The zero-order chi connectivity index (χ0) is 17.8. The molecule has 2 heterocycles. The highest BCUT2D eigenvalue weighted by Gasteiger charge is 2.61. The maximum Gasteiger partial charge on any atom is 0.353 e. The molecular weight excluding hydrogens is 350 g/mol. The Morgan fingerprint density at radius 2 is 1.77 bits per heavy atom. The molecule has 5 nitrogen and oxygen atoms in total. The van der Waals surface area contributed by atoms with E-state index in [2.05, 4.69) is 0 Å². The Balaban J connectivity index is 1.42. The fourth-order valence-electron chi connectivity index (χ4n) is 4.90. The van der Waals surface area contributed by atoms with Crippen LogP contribution in [0.3, 0.4) is 0 Å². The van der Waals surface area contributed by atoms with Gasteiger partial charge in [-0.25, -0.2) is 9.69 Å². The van der Waals surface area contributed by atoms with E-state index in [4.69, 9.17) is 4.74 Å². The monoisotopic (exact) mass is 367 g/mol. The van der Waals surface area contributed by atoms with Gasteiger partial charge in [0, 0.05) is 6.07 Å². The fourth-order valence-corrected chi connectivity index (χ4v) is 5.50. The molecule has 0 N–H and O–H groups in total. The first-order valence-corrected chi connectivity index (χ1v) is 9.75. The lowest BCUT2D eigenvalue weighted by atomic mass is 9.81. The Bertz CT molecular complexity index is 878. The average molecular weight is 367 g/mol. The molecule has 26 heavy (non-hydrogen) atoms. The highest BCUT2D eigenvalue weighted by Crippen LogP contribution is 2.56. The number of nitrogens with zero attached hydrogens (tertiary/aromatic N) is 1. The molecule has 132 valence electrons. The summed E-state index contributed by atoms with van der Waals surface area (Å²) in [7, 11) is 0. The third-order valence-corrected chi connectivity index (χ3v) is 6.79. The third kappa shape index (κ3) is 2.25. The van der Waals surface area contributed by atoms with Gasteiger partial charge in [-0.3, -0.25) is 9.59 Å². The van der Waals surface area contributed by atoms with Crippen molar-refractivity contribution in [1.82, 2.24) is 0 Å². The van der Waals surface area contributed by atoms with E-state index in [0.717, 1.165) is 19.3 Å². The fraction of sp³-hybridized carbons (Fsp3) is 0.350. The quantitative estimate of drug-likeness (QED) is 0.473. The number of carbonyl (C=O) groups is 3. The van der Waals surface area contributed by atoms with Crippen LogP contribution in [0.25, 0.3) is 0 Å². The molecule has 5 rings (SSSR count). The first kappa shape index (κ1) is 15.8. The van der Waals surface area contributed by atoms with E-state index in [-0.39, 0.29) is 23.7 Å². The molecular formula is C20H17NO4S. The molecule has 3 fully saturated rings. The third-order valence-electron chi connectivity index (χ3n) is 5.94. The van der Waals surface area contributed by atoms with Gasteiger partial charge in [-0.2, -0.15) is 0 Å². The van der Waals surface area contributed by atoms with Gasteiger partial charge in [0.15, 0.2) is 0 Å². The van der Waals surface area contributed by atoms with Gasteiger partial charge in [0.2, 0.25) is 11.8 Å². The number of amides is 2. The van der Waals surface area contributed by atoms with Gasteiger partial charge in [-0.05, 0) is 54.7 Å². The van der Waals surface area contributed by atoms with E-state index >= 15 is 0 Å². The SMILES string of the molecule is O=C(Oc1cccc(N2C(=O)C3C4CCC(C4)C3C2=O)c1)c1cccs1. The van der Waals surface area contributed by atoms with Gasteiger partial charge < -0.3 is 4.74 Å². The van der Waals surface area contributed by atoms with Crippen molar-refractivity contribution < 1.29 is 19.1 Å². The number of carbonyl (C=O) groups excluding carboxylic acids is 3. The number of hydrogen-bond acceptors (Lipinski definition) is 5. The Hall–Kier alpha value is -2.47. The summed E-state index contributed by atoms with van der Waals surface area (Å²) < 4.78 is 5.40. The molecule has 1 aliphatic heterocycles. The summed E-state index contributed by atoms with van der Waals surface area (Å²) in [6, 6.07) is 10.2. The molecule has 0 radical (unpaired) electrons. The van der Waals surface area contributed by atoms with Gasteiger partial charge in [-0.15, -0.1) is 11.3 Å². The van der Waals surface area contributed by atoms with Gasteiger partial charge in [0.05, 0.1) is 17.5 Å². The van der Waals surface area contributed by atoms with Crippen LogP contribution < -0.4 is 9.64 Å². The summed E-state index contributed by atoms with van der Waals surface area (Å²) in [6.45, 7) is 0. The molecule has 4 unspecified atom stereocenters. The first-order chi connectivity index (χ1) is 12.6. The van der Waals surface area contributed by atoms with Crippen molar-refractivity contribution in [1.29, 1.82) is 0 Å². The molecule has 3 aliphatic rings. The van der Waals surface area contributed by atoms with Crippen LogP contribution in [-0.2, 0) is 9.59 Å². The molecule has 2 saturated carbocycles. The second kappa shape index (κ2) is 5.77. The summed E-state index contributed by atoms with van der Waals surface area (Å²) in [4.78, 5) is 39.8. The number of thiophene rings is 1. The van der Waals surface area contributed by atoms with E-state index in [0.29, 0.717) is 28.1 Å². The Labute approximate surface area is 154 Å². The van der Waals surface area contributed by atoms with Crippen molar-refractivity contribution in [2.45, 2.75) is 19.3 Å². The van der Waals surface area contributed by atoms with Gasteiger partial charge in [0.25, 0.3) is 0 Å². The van der Waals surface area contributed by atoms with Crippen LogP contribution >= 0.6 is 11.3 Å². The van der Waals surface area contributed by atoms with E-state index in [1.54, 1.807) is 36.4 Å². The summed E-state index contributed by atoms with van der Waals surface area (Å²) in [5.41, 5.74) is 0.491. The number of benzene rings is 1. The molecule has 2 aromatic rings.